The first-order chi connectivity index (χ1) is 8.15. The van der Waals surface area contributed by atoms with Crippen LogP contribution < -0.4 is 5.32 Å². The second kappa shape index (κ2) is 5.29. The van der Waals surface area contributed by atoms with E-state index in [9.17, 15) is 4.79 Å². The first-order valence-corrected chi connectivity index (χ1v) is 6.02. The molecule has 2 rings (SSSR count). The van der Waals surface area contributed by atoms with Gasteiger partial charge in [0.15, 0.2) is 0 Å². The van der Waals surface area contributed by atoms with Crippen LogP contribution in [0.2, 0.25) is 5.02 Å². The number of rotatable bonds is 2. The van der Waals surface area contributed by atoms with Crippen LogP contribution in [0.3, 0.4) is 0 Å². The van der Waals surface area contributed by atoms with Gasteiger partial charge in [0.1, 0.15) is 10.4 Å². The number of amides is 1. The van der Waals surface area contributed by atoms with Gasteiger partial charge in [-0.3, -0.25) is 4.79 Å². The second-order valence-electron chi connectivity index (χ2n) is 3.31. The largest absolute Gasteiger partial charge is 0.307 e. The quantitative estimate of drug-likeness (QED) is 0.858. The smallest absolute Gasteiger partial charge is 0.256 e. The molecule has 0 unspecified atom stereocenters. The van der Waals surface area contributed by atoms with Gasteiger partial charge in [-0.05, 0) is 46.3 Å². The summed E-state index contributed by atoms with van der Waals surface area (Å²) in [5, 5.41) is 3.22. The van der Waals surface area contributed by atoms with Crippen LogP contribution in [0, 0.1) is 0 Å². The normalized spacial score (nSPS) is 10.0. The van der Waals surface area contributed by atoms with Gasteiger partial charge in [0.05, 0.1) is 0 Å². The van der Waals surface area contributed by atoms with Crippen LogP contribution in [0.5, 0.6) is 0 Å². The van der Waals surface area contributed by atoms with Gasteiger partial charge in [0, 0.05) is 10.6 Å². The number of pyridine rings is 1. The lowest BCUT2D eigenvalue weighted by molar-refractivity contribution is 0.102. The van der Waals surface area contributed by atoms with Crippen LogP contribution >= 0.6 is 27.5 Å². The number of benzene rings is 1. The van der Waals surface area contributed by atoms with Crippen LogP contribution in [0.25, 0.3) is 0 Å². The van der Waals surface area contributed by atoms with E-state index in [-0.39, 0.29) is 5.91 Å². The topological polar surface area (TPSA) is 42.0 Å². The lowest BCUT2D eigenvalue weighted by atomic mass is 10.2. The minimum atomic E-state index is -0.238. The van der Waals surface area contributed by atoms with Crippen molar-refractivity contribution in [3.63, 3.8) is 0 Å². The van der Waals surface area contributed by atoms with Gasteiger partial charge in [0.25, 0.3) is 5.91 Å². The summed E-state index contributed by atoms with van der Waals surface area (Å²) in [5.41, 5.74) is 0.499. The Labute approximate surface area is 112 Å². The zero-order valence-corrected chi connectivity index (χ0v) is 11.0. The van der Waals surface area contributed by atoms with Crippen molar-refractivity contribution in [2.24, 2.45) is 0 Å². The van der Waals surface area contributed by atoms with E-state index in [1.165, 1.54) is 0 Å². The number of halogens is 2. The number of carbonyl (C=O) groups is 1. The molecule has 17 heavy (non-hydrogen) atoms. The lowest BCUT2D eigenvalue weighted by Gasteiger charge is -2.04. The van der Waals surface area contributed by atoms with Crippen molar-refractivity contribution in [3.05, 3.63) is 57.7 Å². The minimum absolute atomic E-state index is 0.238. The van der Waals surface area contributed by atoms with Crippen molar-refractivity contribution in [1.29, 1.82) is 0 Å². The molecule has 5 heteroatoms. The van der Waals surface area contributed by atoms with Crippen molar-refractivity contribution in [3.8, 4) is 0 Å². The maximum absolute atomic E-state index is 11.9. The zero-order valence-electron chi connectivity index (χ0n) is 8.65. The van der Waals surface area contributed by atoms with E-state index in [0.717, 1.165) is 0 Å². The molecule has 2 aromatic rings. The van der Waals surface area contributed by atoms with Gasteiger partial charge in [-0.2, -0.15) is 0 Å². The van der Waals surface area contributed by atoms with E-state index in [4.69, 9.17) is 11.6 Å². The fourth-order valence-electron chi connectivity index (χ4n) is 1.30. The molecule has 1 amide bonds. The van der Waals surface area contributed by atoms with Crippen molar-refractivity contribution in [1.82, 2.24) is 4.98 Å². The molecule has 3 nitrogen and oxygen atoms in total. The SMILES string of the molecule is O=C(Nc1cccc(Br)n1)c1cccc(Cl)c1. The standard InChI is InChI=1S/C12H8BrClN2O/c13-10-5-2-6-11(15-10)16-12(17)8-3-1-4-9(14)7-8/h1-7H,(H,15,16,17). The summed E-state index contributed by atoms with van der Waals surface area (Å²) in [6.45, 7) is 0. The van der Waals surface area contributed by atoms with Crippen LogP contribution in [-0.2, 0) is 0 Å². The number of carbonyl (C=O) groups excluding carboxylic acids is 1. The third-order valence-corrected chi connectivity index (χ3v) is 2.72. The average Bonchev–Trinajstić information content (AvgIpc) is 2.29. The van der Waals surface area contributed by atoms with E-state index in [1.807, 2.05) is 0 Å². The molecule has 1 N–H and O–H groups in total. The van der Waals surface area contributed by atoms with E-state index in [2.05, 4.69) is 26.2 Å². The molecule has 0 radical (unpaired) electrons. The Morgan fingerprint density at radius 3 is 2.71 bits per heavy atom. The maximum atomic E-state index is 11.9. The van der Waals surface area contributed by atoms with Gasteiger partial charge < -0.3 is 5.32 Å². The molecule has 0 saturated carbocycles. The Kier molecular flexibility index (Phi) is 3.76. The summed E-state index contributed by atoms with van der Waals surface area (Å²) in [7, 11) is 0. The predicted molar refractivity (Wildman–Crippen MR) is 71.3 cm³/mol. The fraction of sp³-hybridized carbons (Fsp3) is 0. The molecule has 86 valence electrons. The Morgan fingerprint density at radius 2 is 2.00 bits per heavy atom. The van der Waals surface area contributed by atoms with Crippen molar-refractivity contribution < 1.29 is 4.79 Å². The van der Waals surface area contributed by atoms with Gasteiger partial charge in [-0.1, -0.05) is 23.7 Å². The number of aromatic nitrogens is 1. The summed E-state index contributed by atoms with van der Waals surface area (Å²) in [6, 6.07) is 12.0. The summed E-state index contributed by atoms with van der Waals surface area (Å²) < 4.78 is 0.668. The zero-order chi connectivity index (χ0) is 12.3. The van der Waals surface area contributed by atoms with E-state index in [0.29, 0.717) is 21.0 Å². The molecule has 0 saturated heterocycles. The van der Waals surface area contributed by atoms with Crippen LogP contribution in [0.4, 0.5) is 5.82 Å². The molecule has 0 spiro atoms. The summed E-state index contributed by atoms with van der Waals surface area (Å²) in [4.78, 5) is 16.0. The molecule has 1 heterocycles. The fourth-order valence-corrected chi connectivity index (χ4v) is 1.83. The van der Waals surface area contributed by atoms with Gasteiger partial charge in [-0.15, -0.1) is 0 Å². The summed E-state index contributed by atoms with van der Waals surface area (Å²) in [6.07, 6.45) is 0. The van der Waals surface area contributed by atoms with Gasteiger partial charge in [0.2, 0.25) is 0 Å². The highest BCUT2D eigenvalue weighted by Crippen LogP contribution is 2.14. The predicted octanol–water partition coefficient (Wildman–Crippen LogP) is 3.75. The van der Waals surface area contributed by atoms with Gasteiger partial charge in [-0.25, -0.2) is 4.98 Å². The Bertz CT molecular complexity index is 560. The Balaban J connectivity index is 2.17. The van der Waals surface area contributed by atoms with Crippen LogP contribution in [0.1, 0.15) is 10.4 Å². The Hall–Kier alpha value is -1.39. The molecule has 0 aliphatic heterocycles. The molecular formula is C12H8BrClN2O. The third kappa shape index (κ3) is 3.28. The van der Waals surface area contributed by atoms with Crippen LogP contribution in [0.15, 0.2) is 47.1 Å². The molecule has 0 fully saturated rings. The highest BCUT2D eigenvalue weighted by atomic mass is 79.9. The van der Waals surface area contributed by atoms with E-state index >= 15 is 0 Å². The first-order valence-electron chi connectivity index (χ1n) is 4.84. The molecule has 1 aromatic carbocycles. The van der Waals surface area contributed by atoms with Gasteiger partial charge >= 0.3 is 0 Å². The number of anilines is 1. The van der Waals surface area contributed by atoms with Crippen molar-refractivity contribution in [2.45, 2.75) is 0 Å². The van der Waals surface area contributed by atoms with E-state index < -0.39 is 0 Å². The molecule has 1 aromatic heterocycles. The molecule has 0 aliphatic rings. The van der Waals surface area contributed by atoms with Crippen LogP contribution in [-0.4, -0.2) is 10.9 Å². The van der Waals surface area contributed by atoms with Crippen molar-refractivity contribution >= 4 is 39.3 Å². The lowest BCUT2D eigenvalue weighted by Crippen LogP contribution is -2.12. The molecule has 0 bridgehead atoms. The minimum Gasteiger partial charge on any atom is -0.307 e. The molecular weight excluding hydrogens is 304 g/mol. The summed E-state index contributed by atoms with van der Waals surface area (Å²) in [5.74, 6) is 0.252. The number of nitrogens with one attached hydrogen (secondary N) is 1. The molecule has 0 aliphatic carbocycles. The number of hydrogen-bond acceptors (Lipinski definition) is 2. The monoisotopic (exact) mass is 310 g/mol. The highest BCUT2D eigenvalue weighted by Gasteiger charge is 2.07. The number of nitrogens with zero attached hydrogens (tertiary/aromatic N) is 1. The van der Waals surface area contributed by atoms with Crippen molar-refractivity contribution in [2.75, 3.05) is 5.32 Å². The second-order valence-corrected chi connectivity index (χ2v) is 4.56. The van der Waals surface area contributed by atoms with E-state index in [1.54, 1.807) is 42.5 Å². The first kappa shape index (κ1) is 12.1. The highest BCUT2D eigenvalue weighted by molar-refractivity contribution is 9.10. The third-order valence-electron chi connectivity index (χ3n) is 2.04. The average molecular weight is 312 g/mol. The maximum Gasteiger partial charge on any atom is 0.256 e. The number of hydrogen-bond donors (Lipinski definition) is 1. The summed E-state index contributed by atoms with van der Waals surface area (Å²) >= 11 is 9.05. The molecule has 0 atom stereocenters. The Morgan fingerprint density at radius 1 is 1.24 bits per heavy atom.